The summed E-state index contributed by atoms with van der Waals surface area (Å²) in [6.45, 7) is -1.79. The van der Waals surface area contributed by atoms with Crippen LogP contribution in [0.4, 0.5) is 8.78 Å². The van der Waals surface area contributed by atoms with E-state index in [-0.39, 0.29) is 18.2 Å². The van der Waals surface area contributed by atoms with Crippen LogP contribution in [0.5, 0.6) is 5.75 Å². The molecule has 1 heterocycles. The molecule has 0 aromatic heterocycles. The molecule has 0 spiro atoms. The van der Waals surface area contributed by atoms with Gasteiger partial charge < -0.3 is 15.2 Å². The lowest BCUT2D eigenvalue weighted by Crippen LogP contribution is -2.43. The summed E-state index contributed by atoms with van der Waals surface area (Å²) in [5, 5.41) is 11.8. The van der Waals surface area contributed by atoms with Crippen LogP contribution in [-0.4, -0.2) is 54.2 Å². The van der Waals surface area contributed by atoms with E-state index in [1.807, 2.05) is 0 Å². The first-order valence-electron chi connectivity index (χ1n) is 7.73. The first-order valence-corrected chi connectivity index (χ1v) is 7.73. The van der Waals surface area contributed by atoms with Crippen LogP contribution in [0.2, 0.25) is 0 Å². The Morgan fingerprint density at radius 1 is 1.33 bits per heavy atom. The van der Waals surface area contributed by atoms with Crippen molar-refractivity contribution in [3.05, 3.63) is 29.8 Å². The van der Waals surface area contributed by atoms with Gasteiger partial charge in [-0.05, 0) is 43.5 Å². The summed E-state index contributed by atoms with van der Waals surface area (Å²) in [4.78, 5) is 24.6. The molecule has 0 bridgehead atoms. The van der Waals surface area contributed by atoms with Crippen LogP contribution in [-0.2, 0) is 16.0 Å². The second-order valence-corrected chi connectivity index (χ2v) is 5.59. The smallest absolute Gasteiger partial charge is 0.387 e. The van der Waals surface area contributed by atoms with E-state index in [0.717, 1.165) is 12.0 Å². The van der Waals surface area contributed by atoms with Crippen molar-refractivity contribution < 1.29 is 28.2 Å². The number of likely N-dealkylation sites (tertiary alicyclic amines) is 1. The number of carboxylic acid groups (broad SMARTS) is 1. The van der Waals surface area contributed by atoms with E-state index in [4.69, 9.17) is 5.11 Å². The van der Waals surface area contributed by atoms with Crippen molar-refractivity contribution in [2.75, 3.05) is 19.6 Å². The third kappa shape index (κ3) is 5.45. The van der Waals surface area contributed by atoms with Crippen molar-refractivity contribution in [2.24, 2.45) is 0 Å². The molecule has 1 aliphatic heterocycles. The summed E-state index contributed by atoms with van der Waals surface area (Å²) >= 11 is 0. The highest BCUT2D eigenvalue weighted by Crippen LogP contribution is 2.17. The molecule has 6 nitrogen and oxygen atoms in total. The van der Waals surface area contributed by atoms with Gasteiger partial charge in [0.05, 0.1) is 6.54 Å². The highest BCUT2D eigenvalue weighted by Gasteiger charge is 2.31. The van der Waals surface area contributed by atoms with Crippen LogP contribution >= 0.6 is 0 Å². The number of ether oxygens (including phenoxy) is 1. The molecule has 1 aromatic carbocycles. The number of hydrogen-bond donors (Lipinski definition) is 2. The Kier molecular flexibility index (Phi) is 6.48. The number of hydrogen-bond acceptors (Lipinski definition) is 4. The molecule has 0 aliphatic carbocycles. The lowest BCUT2D eigenvalue weighted by molar-refractivity contribution is -0.142. The van der Waals surface area contributed by atoms with E-state index in [1.165, 1.54) is 12.1 Å². The topological polar surface area (TPSA) is 78.9 Å². The van der Waals surface area contributed by atoms with Crippen molar-refractivity contribution in [3.8, 4) is 5.75 Å². The van der Waals surface area contributed by atoms with Gasteiger partial charge in [0, 0.05) is 6.54 Å². The quantitative estimate of drug-likeness (QED) is 0.748. The largest absolute Gasteiger partial charge is 0.480 e. The molecule has 1 saturated heterocycles. The summed E-state index contributed by atoms with van der Waals surface area (Å²) in [5.74, 6) is -1.03. The monoisotopic (exact) mass is 342 g/mol. The molecule has 2 N–H and O–H groups in total. The van der Waals surface area contributed by atoms with Crippen LogP contribution in [0, 0.1) is 0 Å². The van der Waals surface area contributed by atoms with Crippen LogP contribution in [0.25, 0.3) is 0 Å². The van der Waals surface area contributed by atoms with E-state index in [1.54, 1.807) is 17.0 Å². The molecule has 0 unspecified atom stereocenters. The zero-order chi connectivity index (χ0) is 17.5. The fourth-order valence-electron chi connectivity index (χ4n) is 2.72. The molecule has 2 rings (SSSR count). The van der Waals surface area contributed by atoms with Crippen LogP contribution in [0.3, 0.4) is 0 Å². The predicted octanol–water partition coefficient (Wildman–Crippen LogP) is 1.50. The minimum Gasteiger partial charge on any atom is -0.480 e. The molecule has 0 radical (unpaired) electrons. The fourth-order valence-corrected chi connectivity index (χ4v) is 2.72. The zero-order valence-corrected chi connectivity index (χ0v) is 13.1. The first-order chi connectivity index (χ1) is 11.5. The predicted molar refractivity (Wildman–Crippen MR) is 82.0 cm³/mol. The number of halogens is 2. The Morgan fingerprint density at radius 2 is 2.04 bits per heavy atom. The Balaban J connectivity index is 1.71. The van der Waals surface area contributed by atoms with Crippen LogP contribution in [0.1, 0.15) is 18.4 Å². The van der Waals surface area contributed by atoms with Gasteiger partial charge in [-0.3, -0.25) is 14.5 Å². The summed E-state index contributed by atoms with van der Waals surface area (Å²) in [6, 6.07) is 5.63. The number of benzene rings is 1. The average Bonchev–Trinajstić information content (AvgIpc) is 2.97. The molecular weight excluding hydrogens is 322 g/mol. The molecule has 8 heteroatoms. The van der Waals surface area contributed by atoms with Gasteiger partial charge in [0.25, 0.3) is 0 Å². The van der Waals surface area contributed by atoms with Gasteiger partial charge in [0.1, 0.15) is 11.8 Å². The Morgan fingerprint density at radius 3 is 2.67 bits per heavy atom. The number of carbonyl (C=O) groups is 2. The summed E-state index contributed by atoms with van der Waals surface area (Å²) < 4.78 is 28.4. The number of rotatable bonds is 8. The molecule has 24 heavy (non-hydrogen) atoms. The SMILES string of the molecule is O=C(CN1CCC[C@H]1C(=O)O)NCCc1ccc(OC(F)F)cc1. The van der Waals surface area contributed by atoms with Crippen molar-refractivity contribution in [1.82, 2.24) is 10.2 Å². The fraction of sp³-hybridized carbons (Fsp3) is 0.500. The van der Waals surface area contributed by atoms with E-state index in [9.17, 15) is 18.4 Å². The number of nitrogens with zero attached hydrogens (tertiary/aromatic N) is 1. The molecule has 1 fully saturated rings. The van der Waals surface area contributed by atoms with Gasteiger partial charge in [-0.2, -0.15) is 8.78 Å². The molecular formula is C16H20F2N2O4. The normalized spacial score (nSPS) is 17.9. The maximum absolute atomic E-state index is 12.0. The second-order valence-electron chi connectivity index (χ2n) is 5.59. The molecule has 1 amide bonds. The maximum Gasteiger partial charge on any atom is 0.387 e. The number of nitrogens with one attached hydrogen (secondary N) is 1. The van der Waals surface area contributed by atoms with Gasteiger partial charge in [-0.25, -0.2) is 0 Å². The Labute approximate surface area is 138 Å². The van der Waals surface area contributed by atoms with E-state index in [2.05, 4.69) is 10.1 Å². The molecule has 1 atom stereocenters. The van der Waals surface area contributed by atoms with Gasteiger partial charge in [0.2, 0.25) is 5.91 Å². The third-order valence-corrected chi connectivity index (χ3v) is 3.88. The minimum atomic E-state index is -2.85. The molecule has 1 aromatic rings. The highest BCUT2D eigenvalue weighted by atomic mass is 19.3. The van der Waals surface area contributed by atoms with E-state index >= 15 is 0 Å². The van der Waals surface area contributed by atoms with Gasteiger partial charge in [-0.1, -0.05) is 12.1 Å². The van der Waals surface area contributed by atoms with E-state index < -0.39 is 18.6 Å². The standard InChI is InChI=1S/C16H20F2N2O4/c17-16(18)24-12-5-3-11(4-6-12)7-8-19-14(21)10-20-9-1-2-13(20)15(22)23/h3-6,13,16H,1-2,7-10H2,(H,19,21)(H,22,23)/t13-/m0/s1. The number of carbonyl (C=O) groups excluding carboxylic acids is 1. The minimum absolute atomic E-state index is 0.0676. The Bertz CT molecular complexity index is 566. The summed E-state index contributed by atoms with van der Waals surface area (Å²) in [7, 11) is 0. The summed E-state index contributed by atoms with van der Waals surface area (Å²) in [5.41, 5.74) is 0.876. The van der Waals surface area contributed by atoms with Crippen molar-refractivity contribution in [2.45, 2.75) is 31.9 Å². The van der Waals surface area contributed by atoms with Crippen LogP contribution < -0.4 is 10.1 Å². The molecule has 0 saturated carbocycles. The van der Waals surface area contributed by atoms with Gasteiger partial charge in [-0.15, -0.1) is 0 Å². The highest BCUT2D eigenvalue weighted by molar-refractivity contribution is 5.80. The van der Waals surface area contributed by atoms with Crippen molar-refractivity contribution in [1.29, 1.82) is 0 Å². The van der Waals surface area contributed by atoms with Gasteiger partial charge >= 0.3 is 12.6 Å². The number of aliphatic carboxylic acids is 1. The third-order valence-electron chi connectivity index (χ3n) is 3.88. The van der Waals surface area contributed by atoms with E-state index in [0.29, 0.717) is 25.9 Å². The Hall–Kier alpha value is -2.22. The van der Waals surface area contributed by atoms with Gasteiger partial charge in [0.15, 0.2) is 0 Å². The van der Waals surface area contributed by atoms with Crippen molar-refractivity contribution >= 4 is 11.9 Å². The number of alkyl halides is 2. The number of carboxylic acids is 1. The molecule has 132 valence electrons. The lowest BCUT2D eigenvalue weighted by Gasteiger charge is -2.20. The second kappa shape index (κ2) is 8.58. The summed E-state index contributed by atoms with van der Waals surface area (Å²) in [6.07, 6.45) is 1.88. The maximum atomic E-state index is 12.0. The average molecular weight is 342 g/mol. The van der Waals surface area contributed by atoms with Crippen LogP contribution in [0.15, 0.2) is 24.3 Å². The number of amides is 1. The first kappa shape index (κ1) is 18.1. The zero-order valence-electron chi connectivity index (χ0n) is 13.1. The lowest BCUT2D eigenvalue weighted by atomic mass is 10.1. The van der Waals surface area contributed by atoms with Crippen molar-refractivity contribution in [3.63, 3.8) is 0 Å². The molecule has 1 aliphatic rings.